The van der Waals surface area contributed by atoms with E-state index in [-0.39, 0.29) is 12.5 Å². The van der Waals surface area contributed by atoms with Crippen molar-refractivity contribution in [1.82, 2.24) is 9.78 Å². The number of fused-ring (bicyclic) bond motifs is 1. The van der Waals surface area contributed by atoms with Gasteiger partial charge in [0, 0.05) is 18.5 Å². The molecule has 1 unspecified atom stereocenters. The first-order valence-corrected chi connectivity index (χ1v) is 5.23. The van der Waals surface area contributed by atoms with Gasteiger partial charge < -0.3 is 5.11 Å². The first-order chi connectivity index (χ1) is 7.20. The minimum atomic E-state index is 0.202. The second-order valence-electron chi connectivity index (χ2n) is 4.18. The summed E-state index contributed by atoms with van der Waals surface area (Å²) in [6.07, 6.45) is 1.87. The number of hydrogen-bond donors (Lipinski definition) is 1. The highest BCUT2D eigenvalue weighted by atomic mass is 16.3. The van der Waals surface area contributed by atoms with Crippen molar-refractivity contribution >= 4 is 10.9 Å². The molecule has 0 saturated carbocycles. The van der Waals surface area contributed by atoms with Crippen molar-refractivity contribution in [2.75, 3.05) is 6.61 Å². The number of nitrogens with zero attached hydrogens (tertiary/aromatic N) is 2. The van der Waals surface area contributed by atoms with E-state index < -0.39 is 0 Å². The van der Waals surface area contributed by atoms with E-state index in [1.54, 1.807) is 0 Å². The van der Waals surface area contributed by atoms with E-state index in [9.17, 15) is 0 Å². The molecular formula is C12H16N2O. The zero-order chi connectivity index (χ0) is 10.8. The third-order valence-corrected chi connectivity index (χ3v) is 2.60. The molecule has 0 aliphatic heterocycles. The van der Waals surface area contributed by atoms with Gasteiger partial charge in [-0.05, 0) is 24.5 Å². The second-order valence-corrected chi connectivity index (χ2v) is 4.18. The van der Waals surface area contributed by atoms with Crippen LogP contribution in [0.15, 0.2) is 24.4 Å². The lowest BCUT2D eigenvalue weighted by Crippen LogP contribution is -2.11. The molecule has 0 radical (unpaired) electrons. The number of hydrogen-bond acceptors (Lipinski definition) is 2. The topological polar surface area (TPSA) is 38.0 Å². The van der Waals surface area contributed by atoms with E-state index in [2.05, 4.69) is 30.2 Å². The molecule has 1 aromatic heterocycles. The molecule has 0 amide bonds. The van der Waals surface area contributed by atoms with E-state index >= 15 is 0 Å². The molecule has 0 fully saturated rings. The normalized spacial score (nSPS) is 13.3. The SMILES string of the molecule is Cc1ccc2cnn(CC(C)CO)c2c1. The van der Waals surface area contributed by atoms with Crippen molar-refractivity contribution in [3.63, 3.8) is 0 Å². The van der Waals surface area contributed by atoms with Gasteiger partial charge in [0.2, 0.25) is 0 Å². The highest BCUT2D eigenvalue weighted by Gasteiger charge is 2.06. The number of aliphatic hydroxyl groups is 1. The summed E-state index contributed by atoms with van der Waals surface area (Å²) in [7, 11) is 0. The molecule has 0 spiro atoms. The van der Waals surface area contributed by atoms with Gasteiger partial charge in [0.15, 0.2) is 0 Å². The van der Waals surface area contributed by atoms with Gasteiger partial charge in [-0.2, -0.15) is 5.10 Å². The van der Waals surface area contributed by atoms with Crippen LogP contribution < -0.4 is 0 Å². The lowest BCUT2D eigenvalue weighted by atomic mass is 10.1. The Balaban J connectivity index is 2.39. The standard InChI is InChI=1S/C12H16N2O/c1-9-3-4-11-6-13-14(12(11)5-9)7-10(2)8-15/h3-6,10,15H,7-8H2,1-2H3. The highest BCUT2D eigenvalue weighted by molar-refractivity contribution is 5.79. The maximum absolute atomic E-state index is 9.02. The van der Waals surface area contributed by atoms with E-state index in [1.807, 2.05) is 17.8 Å². The molecule has 2 aromatic rings. The average Bonchev–Trinajstić information content (AvgIpc) is 2.61. The number of aliphatic hydroxyl groups excluding tert-OH is 1. The zero-order valence-corrected chi connectivity index (χ0v) is 9.14. The molecule has 0 saturated heterocycles. The van der Waals surface area contributed by atoms with E-state index in [0.29, 0.717) is 0 Å². The lowest BCUT2D eigenvalue weighted by Gasteiger charge is -2.08. The smallest absolute Gasteiger partial charge is 0.0685 e. The Morgan fingerprint density at radius 1 is 1.47 bits per heavy atom. The monoisotopic (exact) mass is 204 g/mol. The second kappa shape index (κ2) is 4.03. The molecule has 0 aliphatic carbocycles. The van der Waals surface area contributed by atoms with Crippen molar-refractivity contribution in [1.29, 1.82) is 0 Å². The summed E-state index contributed by atoms with van der Waals surface area (Å²) in [5, 5.41) is 14.5. The van der Waals surface area contributed by atoms with Crippen LogP contribution in [-0.2, 0) is 6.54 Å². The molecule has 1 heterocycles. The van der Waals surface area contributed by atoms with Crippen LogP contribution in [-0.4, -0.2) is 21.5 Å². The van der Waals surface area contributed by atoms with Crippen molar-refractivity contribution in [3.05, 3.63) is 30.0 Å². The fraction of sp³-hybridized carbons (Fsp3) is 0.417. The van der Waals surface area contributed by atoms with Gasteiger partial charge in [-0.3, -0.25) is 4.68 Å². The molecule has 0 aliphatic rings. The summed E-state index contributed by atoms with van der Waals surface area (Å²) in [5.74, 6) is 0.244. The molecule has 1 aromatic carbocycles. The van der Waals surface area contributed by atoms with Crippen LogP contribution in [0.25, 0.3) is 10.9 Å². The number of aromatic nitrogens is 2. The minimum Gasteiger partial charge on any atom is -0.396 e. The summed E-state index contributed by atoms with van der Waals surface area (Å²) in [4.78, 5) is 0. The van der Waals surface area contributed by atoms with Gasteiger partial charge in [0.05, 0.1) is 11.7 Å². The fourth-order valence-electron chi connectivity index (χ4n) is 1.68. The molecule has 1 N–H and O–H groups in total. The van der Waals surface area contributed by atoms with Crippen LogP contribution in [0.5, 0.6) is 0 Å². The predicted molar refractivity (Wildman–Crippen MR) is 60.7 cm³/mol. The Morgan fingerprint density at radius 3 is 3.00 bits per heavy atom. The van der Waals surface area contributed by atoms with Gasteiger partial charge in [0.1, 0.15) is 0 Å². The zero-order valence-electron chi connectivity index (χ0n) is 9.14. The minimum absolute atomic E-state index is 0.202. The lowest BCUT2D eigenvalue weighted by molar-refractivity contribution is 0.220. The van der Waals surface area contributed by atoms with Gasteiger partial charge in [-0.25, -0.2) is 0 Å². The summed E-state index contributed by atoms with van der Waals surface area (Å²) >= 11 is 0. The van der Waals surface area contributed by atoms with Crippen LogP contribution in [0.1, 0.15) is 12.5 Å². The Labute approximate surface area is 89.3 Å². The van der Waals surface area contributed by atoms with Crippen molar-refractivity contribution in [3.8, 4) is 0 Å². The molecule has 3 nitrogen and oxygen atoms in total. The fourth-order valence-corrected chi connectivity index (χ4v) is 1.68. The third-order valence-electron chi connectivity index (χ3n) is 2.60. The Bertz CT molecular complexity index is 462. The van der Waals surface area contributed by atoms with E-state index in [1.165, 1.54) is 5.56 Å². The third kappa shape index (κ3) is 2.02. The van der Waals surface area contributed by atoms with Gasteiger partial charge in [-0.1, -0.05) is 19.1 Å². The van der Waals surface area contributed by atoms with Crippen LogP contribution in [0, 0.1) is 12.8 Å². The van der Waals surface area contributed by atoms with Crippen LogP contribution in [0.4, 0.5) is 0 Å². The molecule has 3 heteroatoms. The van der Waals surface area contributed by atoms with Crippen molar-refractivity contribution < 1.29 is 5.11 Å². The highest BCUT2D eigenvalue weighted by Crippen LogP contribution is 2.16. The predicted octanol–water partition coefficient (Wildman–Crippen LogP) is 1.97. The Morgan fingerprint density at radius 2 is 2.27 bits per heavy atom. The Hall–Kier alpha value is -1.35. The number of aryl methyl sites for hydroxylation is 1. The first-order valence-electron chi connectivity index (χ1n) is 5.23. The van der Waals surface area contributed by atoms with Gasteiger partial charge in [-0.15, -0.1) is 0 Å². The summed E-state index contributed by atoms with van der Waals surface area (Å²) < 4.78 is 1.96. The molecular weight excluding hydrogens is 188 g/mol. The van der Waals surface area contributed by atoms with Crippen molar-refractivity contribution in [2.45, 2.75) is 20.4 Å². The van der Waals surface area contributed by atoms with Crippen LogP contribution in [0.3, 0.4) is 0 Å². The molecule has 0 bridgehead atoms. The largest absolute Gasteiger partial charge is 0.396 e. The maximum atomic E-state index is 9.02. The van der Waals surface area contributed by atoms with Gasteiger partial charge >= 0.3 is 0 Å². The summed E-state index contributed by atoms with van der Waals surface area (Å²) in [6, 6.07) is 6.30. The summed E-state index contributed by atoms with van der Waals surface area (Å²) in [6.45, 7) is 5.06. The quantitative estimate of drug-likeness (QED) is 0.830. The molecule has 2 rings (SSSR count). The number of rotatable bonds is 3. The van der Waals surface area contributed by atoms with E-state index in [4.69, 9.17) is 5.11 Å². The molecule has 1 atom stereocenters. The van der Waals surface area contributed by atoms with Crippen molar-refractivity contribution in [2.24, 2.45) is 5.92 Å². The number of benzene rings is 1. The molecule has 80 valence electrons. The van der Waals surface area contributed by atoms with Crippen LogP contribution in [0.2, 0.25) is 0 Å². The van der Waals surface area contributed by atoms with Gasteiger partial charge in [0.25, 0.3) is 0 Å². The van der Waals surface area contributed by atoms with E-state index in [0.717, 1.165) is 17.4 Å². The Kier molecular flexibility index (Phi) is 2.73. The maximum Gasteiger partial charge on any atom is 0.0685 e. The molecule has 15 heavy (non-hydrogen) atoms. The first kappa shape index (κ1) is 10.2. The van der Waals surface area contributed by atoms with Crippen LogP contribution >= 0.6 is 0 Å². The average molecular weight is 204 g/mol. The summed E-state index contributed by atoms with van der Waals surface area (Å²) in [5.41, 5.74) is 2.39.